The molecule has 1 atom stereocenters. The second-order valence-corrected chi connectivity index (χ2v) is 5.31. The summed E-state index contributed by atoms with van der Waals surface area (Å²) in [4.78, 5) is 33.4. The number of piperidine rings is 1. The fourth-order valence-electron chi connectivity index (χ4n) is 2.67. The Hall–Kier alpha value is -2.09. The first-order valence-corrected chi connectivity index (χ1v) is 6.65. The molecule has 3 N–H and O–H groups in total. The van der Waals surface area contributed by atoms with E-state index in [9.17, 15) is 9.59 Å². The number of nitrogens with one attached hydrogen (secondary N) is 1. The van der Waals surface area contributed by atoms with Crippen molar-refractivity contribution < 1.29 is 0 Å². The fraction of sp³-hybridized carbons (Fsp3) is 0.583. The molecule has 1 saturated heterocycles. The molecule has 1 aliphatic heterocycles. The highest BCUT2D eigenvalue weighted by Gasteiger charge is 2.21. The van der Waals surface area contributed by atoms with Gasteiger partial charge in [0, 0.05) is 33.2 Å². The Morgan fingerprint density at radius 1 is 1.30 bits per heavy atom. The molecule has 0 aromatic carbocycles. The molecular weight excluding hydrogens is 260 g/mol. The lowest BCUT2D eigenvalue weighted by molar-refractivity contribution is 0.501. The van der Waals surface area contributed by atoms with E-state index in [1.165, 1.54) is 11.6 Å². The average Bonchev–Trinajstić information content (AvgIpc) is 2.88. The smallest absolute Gasteiger partial charge is 0.332 e. The van der Waals surface area contributed by atoms with Crippen LogP contribution in [0.2, 0.25) is 0 Å². The molecule has 1 fully saturated rings. The maximum Gasteiger partial charge on any atom is 0.332 e. The Balaban J connectivity index is 2.16. The number of hydrogen-bond donors (Lipinski definition) is 2. The molecule has 3 rings (SSSR count). The summed E-state index contributed by atoms with van der Waals surface area (Å²) >= 11 is 0. The summed E-state index contributed by atoms with van der Waals surface area (Å²) < 4.78 is 2.45. The molecule has 20 heavy (non-hydrogen) atoms. The van der Waals surface area contributed by atoms with Gasteiger partial charge in [-0.2, -0.15) is 4.98 Å². The monoisotopic (exact) mass is 278 g/mol. The van der Waals surface area contributed by atoms with Crippen LogP contribution >= 0.6 is 0 Å². The number of hydrogen-bond acceptors (Lipinski definition) is 5. The number of rotatable bonds is 1. The van der Waals surface area contributed by atoms with E-state index >= 15 is 0 Å². The molecule has 0 radical (unpaired) electrons. The quantitative estimate of drug-likeness (QED) is 0.688. The number of anilines is 1. The first-order valence-electron chi connectivity index (χ1n) is 6.65. The summed E-state index contributed by atoms with van der Waals surface area (Å²) in [5.74, 6) is 0.605. The van der Waals surface area contributed by atoms with Crippen LogP contribution in [0.15, 0.2) is 9.59 Å². The lowest BCUT2D eigenvalue weighted by Crippen LogP contribution is -2.43. The topological polar surface area (TPSA) is 102 Å². The van der Waals surface area contributed by atoms with E-state index < -0.39 is 0 Å². The van der Waals surface area contributed by atoms with Crippen LogP contribution in [0.5, 0.6) is 0 Å². The van der Waals surface area contributed by atoms with E-state index in [0.717, 1.165) is 24.0 Å². The molecule has 0 amide bonds. The zero-order valence-electron chi connectivity index (χ0n) is 11.6. The normalized spacial score (nSPS) is 19.8. The minimum atomic E-state index is -0.379. The van der Waals surface area contributed by atoms with E-state index in [1.807, 2.05) is 4.90 Å². The average molecular weight is 278 g/mol. The van der Waals surface area contributed by atoms with Gasteiger partial charge in [-0.15, -0.1) is 0 Å². The summed E-state index contributed by atoms with van der Waals surface area (Å²) in [5.41, 5.74) is 5.96. The van der Waals surface area contributed by atoms with Gasteiger partial charge in [0.15, 0.2) is 11.2 Å². The maximum atomic E-state index is 12.1. The molecule has 0 aliphatic carbocycles. The molecule has 0 spiro atoms. The molecule has 108 valence electrons. The van der Waals surface area contributed by atoms with Crippen molar-refractivity contribution >= 4 is 17.1 Å². The Morgan fingerprint density at radius 3 is 2.75 bits per heavy atom. The van der Waals surface area contributed by atoms with Gasteiger partial charge in [0.2, 0.25) is 5.95 Å². The van der Waals surface area contributed by atoms with Crippen molar-refractivity contribution in [3.05, 3.63) is 20.8 Å². The second-order valence-electron chi connectivity index (χ2n) is 5.31. The number of fused-ring (bicyclic) bond motifs is 1. The van der Waals surface area contributed by atoms with Crippen LogP contribution in [0.3, 0.4) is 0 Å². The van der Waals surface area contributed by atoms with Gasteiger partial charge in [0.05, 0.1) is 0 Å². The van der Waals surface area contributed by atoms with Crippen LogP contribution < -0.4 is 21.9 Å². The van der Waals surface area contributed by atoms with Gasteiger partial charge in [-0.1, -0.05) is 0 Å². The van der Waals surface area contributed by atoms with Crippen LogP contribution in [0, 0.1) is 0 Å². The number of nitrogens with two attached hydrogens (primary N) is 1. The molecule has 3 heterocycles. The first kappa shape index (κ1) is 12.9. The van der Waals surface area contributed by atoms with Gasteiger partial charge in [-0.05, 0) is 12.8 Å². The Labute approximate surface area is 114 Å². The van der Waals surface area contributed by atoms with Crippen LogP contribution in [0.25, 0.3) is 11.2 Å². The summed E-state index contributed by atoms with van der Waals surface area (Å²) in [6.45, 7) is 1.55. The zero-order valence-corrected chi connectivity index (χ0v) is 11.6. The first-order chi connectivity index (χ1) is 9.49. The third kappa shape index (κ3) is 1.83. The SMILES string of the molecule is Cn1c(=O)c2[nH]c(N3CCCC(N)C3)nc2n(C)c1=O. The molecular formula is C12H18N6O2. The highest BCUT2D eigenvalue weighted by molar-refractivity contribution is 5.73. The Bertz CT molecular complexity index is 771. The van der Waals surface area contributed by atoms with Crippen molar-refractivity contribution in [1.82, 2.24) is 19.1 Å². The third-order valence-corrected chi connectivity index (χ3v) is 3.84. The molecule has 8 heteroatoms. The van der Waals surface area contributed by atoms with Gasteiger partial charge in [0.1, 0.15) is 0 Å². The van der Waals surface area contributed by atoms with Gasteiger partial charge >= 0.3 is 5.69 Å². The van der Waals surface area contributed by atoms with E-state index in [0.29, 0.717) is 23.7 Å². The minimum absolute atomic E-state index is 0.114. The summed E-state index contributed by atoms with van der Waals surface area (Å²) in [6, 6.07) is 0.114. The molecule has 1 unspecified atom stereocenters. The Morgan fingerprint density at radius 2 is 2.05 bits per heavy atom. The predicted octanol–water partition coefficient (Wildman–Crippen LogP) is -1.11. The number of nitrogens with zero attached hydrogens (tertiary/aromatic N) is 4. The molecule has 2 aromatic heterocycles. The van der Waals surface area contributed by atoms with Crippen molar-refractivity contribution in [3.63, 3.8) is 0 Å². The standard InChI is InChI=1S/C12H18N6O2/c1-16-9-8(10(19)17(2)12(16)20)14-11(15-9)18-5-3-4-7(13)6-18/h7H,3-6,13H2,1-2H3,(H,14,15). The number of H-pyrrole nitrogens is 1. The minimum Gasteiger partial charge on any atom is -0.341 e. The van der Waals surface area contributed by atoms with E-state index in [4.69, 9.17) is 5.73 Å². The summed E-state index contributed by atoms with van der Waals surface area (Å²) in [5, 5.41) is 0. The van der Waals surface area contributed by atoms with Gasteiger partial charge in [0.25, 0.3) is 5.56 Å². The van der Waals surface area contributed by atoms with Crippen LogP contribution in [0.1, 0.15) is 12.8 Å². The molecule has 2 aromatic rings. The number of aryl methyl sites for hydroxylation is 1. The van der Waals surface area contributed by atoms with Crippen molar-refractivity contribution in [2.24, 2.45) is 19.8 Å². The molecule has 8 nitrogen and oxygen atoms in total. The lowest BCUT2D eigenvalue weighted by atomic mass is 10.1. The number of imidazole rings is 1. The van der Waals surface area contributed by atoms with Gasteiger partial charge in [-0.3, -0.25) is 13.9 Å². The van der Waals surface area contributed by atoms with Gasteiger partial charge < -0.3 is 15.6 Å². The van der Waals surface area contributed by atoms with Crippen LogP contribution in [-0.4, -0.2) is 38.2 Å². The Kier molecular flexibility index (Phi) is 2.89. The van der Waals surface area contributed by atoms with E-state index in [-0.39, 0.29) is 17.3 Å². The van der Waals surface area contributed by atoms with Crippen molar-refractivity contribution in [3.8, 4) is 0 Å². The molecule has 0 saturated carbocycles. The molecule has 0 bridgehead atoms. The second kappa shape index (κ2) is 4.48. The number of aromatic nitrogens is 4. The van der Waals surface area contributed by atoms with Crippen molar-refractivity contribution in [1.29, 1.82) is 0 Å². The van der Waals surface area contributed by atoms with Gasteiger partial charge in [-0.25, -0.2) is 4.79 Å². The van der Waals surface area contributed by atoms with Crippen LogP contribution in [-0.2, 0) is 14.1 Å². The predicted molar refractivity (Wildman–Crippen MR) is 76.0 cm³/mol. The van der Waals surface area contributed by atoms with E-state index in [2.05, 4.69) is 9.97 Å². The van der Waals surface area contributed by atoms with Crippen LogP contribution in [0.4, 0.5) is 5.95 Å². The number of aromatic amines is 1. The molecule has 1 aliphatic rings. The lowest BCUT2D eigenvalue weighted by Gasteiger charge is -2.30. The fourth-order valence-corrected chi connectivity index (χ4v) is 2.67. The highest BCUT2D eigenvalue weighted by atomic mass is 16.2. The largest absolute Gasteiger partial charge is 0.341 e. The zero-order chi connectivity index (χ0) is 14.4. The third-order valence-electron chi connectivity index (χ3n) is 3.84. The summed E-state index contributed by atoms with van der Waals surface area (Å²) in [7, 11) is 3.07. The van der Waals surface area contributed by atoms with Crippen molar-refractivity contribution in [2.45, 2.75) is 18.9 Å². The summed E-state index contributed by atoms with van der Waals surface area (Å²) in [6.07, 6.45) is 1.99. The van der Waals surface area contributed by atoms with Crippen molar-refractivity contribution in [2.75, 3.05) is 18.0 Å². The highest BCUT2D eigenvalue weighted by Crippen LogP contribution is 2.17. The van der Waals surface area contributed by atoms with E-state index in [1.54, 1.807) is 7.05 Å². The maximum absolute atomic E-state index is 12.1.